The van der Waals surface area contributed by atoms with Crippen molar-refractivity contribution in [1.82, 2.24) is 9.80 Å². The highest BCUT2D eigenvalue weighted by Crippen LogP contribution is 2.36. The molecule has 2 saturated heterocycles. The minimum Gasteiger partial charge on any atom is -0.341 e. The summed E-state index contributed by atoms with van der Waals surface area (Å²) in [4.78, 5) is 17.4. The van der Waals surface area contributed by atoms with Gasteiger partial charge in [0, 0.05) is 13.1 Å². The van der Waals surface area contributed by atoms with E-state index in [0.29, 0.717) is 11.8 Å². The summed E-state index contributed by atoms with van der Waals surface area (Å²) in [6.45, 7) is 13.0. The average molecular weight is 343 g/mol. The summed E-state index contributed by atoms with van der Waals surface area (Å²) in [5.74, 6) is 0.965. The number of carbonyl (C=O) groups is 1. The zero-order valence-corrected chi connectivity index (χ0v) is 16.4. The molecule has 0 aromatic heterocycles. The average Bonchev–Trinajstić information content (AvgIpc) is 3.09. The Morgan fingerprint density at radius 1 is 1.08 bits per heavy atom. The summed E-state index contributed by atoms with van der Waals surface area (Å²) < 4.78 is 0. The highest BCUT2D eigenvalue weighted by molar-refractivity contribution is 5.82. The third-order valence-electron chi connectivity index (χ3n) is 6.07. The van der Waals surface area contributed by atoms with E-state index in [0.717, 1.165) is 45.4 Å². The maximum atomic E-state index is 12.9. The molecule has 0 bridgehead atoms. The zero-order chi connectivity index (χ0) is 18.0. The van der Waals surface area contributed by atoms with E-state index in [1.54, 1.807) is 0 Å². The van der Waals surface area contributed by atoms with Crippen molar-refractivity contribution in [2.45, 2.75) is 70.8 Å². The first-order valence-electron chi connectivity index (χ1n) is 10.0. The van der Waals surface area contributed by atoms with Gasteiger partial charge in [0.2, 0.25) is 5.91 Å². The van der Waals surface area contributed by atoms with E-state index in [4.69, 9.17) is 0 Å². The molecule has 1 amide bonds. The Kier molecular flexibility index (Phi) is 5.52. The molecule has 3 heteroatoms. The van der Waals surface area contributed by atoms with Gasteiger partial charge in [-0.15, -0.1) is 0 Å². The van der Waals surface area contributed by atoms with Gasteiger partial charge in [-0.2, -0.15) is 0 Å². The number of hydrogen-bond donors (Lipinski definition) is 0. The highest BCUT2D eigenvalue weighted by atomic mass is 16.2. The molecule has 1 aromatic rings. The van der Waals surface area contributed by atoms with E-state index in [1.165, 1.54) is 17.5 Å². The lowest BCUT2D eigenvalue weighted by Gasteiger charge is -2.37. The zero-order valence-electron chi connectivity index (χ0n) is 16.4. The fourth-order valence-corrected chi connectivity index (χ4v) is 4.64. The monoisotopic (exact) mass is 342 g/mol. The van der Waals surface area contributed by atoms with Gasteiger partial charge in [0.15, 0.2) is 0 Å². The number of benzene rings is 1. The maximum absolute atomic E-state index is 12.9. The van der Waals surface area contributed by atoms with Gasteiger partial charge in [0.25, 0.3) is 0 Å². The van der Waals surface area contributed by atoms with E-state index >= 15 is 0 Å². The summed E-state index contributed by atoms with van der Waals surface area (Å²) in [5, 5.41) is 0. The van der Waals surface area contributed by atoms with Gasteiger partial charge in [-0.3, -0.25) is 9.69 Å². The summed E-state index contributed by atoms with van der Waals surface area (Å²) in [6, 6.07) is 9.05. The Morgan fingerprint density at radius 2 is 1.76 bits per heavy atom. The fourth-order valence-electron chi connectivity index (χ4n) is 4.64. The number of likely N-dealkylation sites (N-methyl/N-ethyl adjacent to an activating group) is 1. The molecule has 3 nitrogen and oxygen atoms in total. The first-order chi connectivity index (χ1) is 11.9. The molecule has 2 heterocycles. The van der Waals surface area contributed by atoms with E-state index in [1.807, 2.05) is 0 Å². The second-order valence-corrected chi connectivity index (χ2v) is 8.72. The van der Waals surface area contributed by atoms with Crippen LogP contribution in [0.5, 0.6) is 0 Å². The highest BCUT2D eigenvalue weighted by Gasteiger charge is 2.35. The molecule has 0 spiro atoms. The van der Waals surface area contributed by atoms with Crippen LogP contribution >= 0.6 is 0 Å². The van der Waals surface area contributed by atoms with Gasteiger partial charge in [-0.1, -0.05) is 52.0 Å². The van der Waals surface area contributed by atoms with Crippen LogP contribution in [0.3, 0.4) is 0 Å². The van der Waals surface area contributed by atoms with Crippen molar-refractivity contribution >= 4 is 5.91 Å². The smallest absolute Gasteiger partial charge is 0.239 e. The van der Waals surface area contributed by atoms with Crippen molar-refractivity contribution in [3.05, 3.63) is 35.4 Å². The van der Waals surface area contributed by atoms with Crippen LogP contribution in [0.2, 0.25) is 0 Å². The molecule has 0 N–H and O–H groups in total. The molecule has 0 unspecified atom stereocenters. The number of piperidine rings is 1. The molecule has 0 saturated carbocycles. The van der Waals surface area contributed by atoms with Crippen molar-refractivity contribution in [3.8, 4) is 0 Å². The number of hydrogen-bond acceptors (Lipinski definition) is 2. The summed E-state index contributed by atoms with van der Waals surface area (Å²) >= 11 is 0. The van der Waals surface area contributed by atoms with Gasteiger partial charge in [0.05, 0.1) is 6.04 Å². The normalized spacial score (nSPS) is 23.2. The quantitative estimate of drug-likeness (QED) is 0.823. The number of rotatable bonds is 3. The lowest BCUT2D eigenvalue weighted by molar-refractivity contribution is -0.137. The Bertz CT molecular complexity index is 596. The molecule has 25 heavy (non-hydrogen) atoms. The van der Waals surface area contributed by atoms with Crippen LogP contribution in [0.1, 0.15) is 70.4 Å². The molecule has 0 radical (unpaired) electrons. The minimum atomic E-state index is 0.142. The van der Waals surface area contributed by atoms with E-state index in [9.17, 15) is 4.79 Å². The van der Waals surface area contributed by atoms with Crippen molar-refractivity contribution < 1.29 is 4.79 Å². The van der Waals surface area contributed by atoms with Gasteiger partial charge < -0.3 is 4.90 Å². The SMILES string of the molecule is CCN1CCC[C@@H]1C(=O)N1CCC(c2ccccc2C(C)(C)C)CC1. The van der Waals surface area contributed by atoms with Crippen molar-refractivity contribution in [1.29, 1.82) is 0 Å². The lowest BCUT2D eigenvalue weighted by Crippen LogP contribution is -2.48. The standard InChI is InChI=1S/C22H34N2O/c1-5-23-14-8-11-20(23)21(25)24-15-12-17(13-16-24)18-9-6-7-10-19(18)22(2,3)4/h6-7,9-10,17,20H,5,8,11-16H2,1-4H3/t20-/m1/s1. The van der Waals surface area contributed by atoms with Crippen LogP contribution in [0.15, 0.2) is 24.3 Å². The van der Waals surface area contributed by atoms with Gasteiger partial charge in [0.1, 0.15) is 0 Å². The number of likely N-dealkylation sites (tertiary alicyclic amines) is 2. The second-order valence-electron chi connectivity index (χ2n) is 8.72. The van der Waals surface area contributed by atoms with Crippen LogP contribution in [0, 0.1) is 0 Å². The molecular formula is C22H34N2O. The predicted octanol–water partition coefficient (Wildman–Crippen LogP) is 4.17. The van der Waals surface area contributed by atoms with E-state index < -0.39 is 0 Å². The van der Waals surface area contributed by atoms with Crippen LogP contribution < -0.4 is 0 Å². The van der Waals surface area contributed by atoms with Crippen molar-refractivity contribution in [2.24, 2.45) is 0 Å². The molecule has 3 rings (SSSR count). The number of carbonyl (C=O) groups excluding carboxylic acids is 1. The van der Waals surface area contributed by atoms with E-state index in [2.05, 4.69) is 61.8 Å². The van der Waals surface area contributed by atoms with Crippen LogP contribution in [-0.4, -0.2) is 47.9 Å². The third kappa shape index (κ3) is 3.92. The predicted molar refractivity (Wildman–Crippen MR) is 104 cm³/mol. The number of amides is 1. The molecule has 2 fully saturated rings. The topological polar surface area (TPSA) is 23.6 Å². The summed E-state index contributed by atoms with van der Waals surface area (Å²) in [5.41, 5.74) is 3.14. The second kappa shape index (κ2) is 7.49. The molecule has 0 aliphatic carbocycles. The molecule has 2 aliphatic rings. The van der Waals surface area contributed by atoms with Gasteiger partial charge >= 0.3 is 0 Å². The Morgan fingerprint density at radius 3 is 2.40 bits per heavy atom. The molecule has 1 aromatic carbocycles. The maximum Gasteiger partial charge on any atom is 0.239 e. The van der Waals surface area contributed by atoms with Crippen molar-refractivity contribution in [2.75, 3.05) is 26.2 Å². The minimum absolute atomic E-state index is 0.142. The third-order valence-corrected chi connectivity index (χ3v) is 6.07. The Hall–Kier alpha value is -1.35. The van der Waals surface area contributed by atoms with Gasteiger partial charge in [-0.25, -0.2) is 0 Å². The molecular weight excluding hydrogens is 308 g/mol. The van der Waals surface area contributed by atoms with Crippen LogP contribution in [-0.2, 0) is 10.2 Å². The Labute approximate surface area is 153 Å². The number of nitrogens with zero attached hydrogens (tertiary/aromatic N) is 2. The molecule has 138 valence electrons. The first-order valence-corrected chi connectivity index (χ1v) is 10.0. The summed E-state index contributed by atoms with van der Waals surface area (Å²) in [7, 11) is 0. The van der Waals surface area contributed by atoms with Crippen molar-refractivity contribution in [3.63, 3.8) is 0 Å². The fraction of sp³-hybridized carbons (Fsp3) is 0.682. The molecule has 1 atom stereocenters. The molecule has 2 aliphatic heterocycles. The largest absolute Gasteiger partial charge is 0.341 e. The lowest BCUT2D eigenvalue weighted by atomic mass is 9.77. The van der Waals surface area contributed by atoms with Crippen LogP contribution in [0.25, 0.3) is 0 Å². The van der Waals surface area contributed by atoms with E-state index in [-0.39, 0.29) is 11.5 Å². The Balaban J connectivity index is 1.66. The van der Waals surface area contributed by atoms with Crippen LogP contribution in [0.4, 0.5) is 0 Å². The first kappa shape index (κ1) is 18.4. The summed E-state index contributed by atoms with van der Waals surface area (Å²) in [6.07, 6.45) is 4.40. The van der Waals surface area contributed by atoms with Gasteiger partial charge in [-0.05, 0) is 61.2 Å².